The molecule has 2 aromatic rings. The Kier molecular flexibility index (Phi) is 9.17. The predicted octanol–water partition coefficient (Wildman–Crippen LogP) is 2.70. The smallest absolute Gasteiger partial charge is 0.289 e. The first-order chi connectivity index (χ1) is 17.2. The third-order valence-electron chi connectivity index (χ3n) is 6.30. The summed E-state index contributed by atoms with van der Waals surface area (Å²) in [5, 5.41) is 5.11. The molecule has 0 bridgehead atoms. The Morgan fingerprint density at radius 3 is 2.39 bits per heavy atom. The van der Waals surface area contributed by atoms with Crippen LogP contribution in [0.15, 0.2) is 72.1 Å². The minimum Gasteiger partial charge on any atom is -0.346 e. The van der Waals surface area contributed by atoms with Crippen molar-refractivity contribution in [2.75, 3.05) is 13.1 Å². The van der Waals surface area contributed by atoms with Gasteiger partial charge in [-0.3, -0.25) is 14.4 Å². The van der Waals surface area contributed by atoms with E-state index in [1.165, 1.54) is 22.5 Å². The highest BCUT2D eigenvalue weighted by atomic mass is 32.2. The van der Waals surface area contributed by atoms with Gasteiger partial charge < -0.3 is 10.6 Å². The molecule has 0 aliphatic carbocycles. The maximum Gasteiger partial charge on any atom is 0.289 e. The number of carbonyl (C=O) groups excluding carboxylic acids is 3. The fraction of sp³-hybridized carbons (Fsp3) is 0.370. The zero-order valence-electron chi connectivity index (χ0n) is 20.6. The number of nitrogens with one attached hydrogen (secondary N) is 2. The van der Waals surface area contributed by atoms with E-state index in [1.54, 1.807) is 12.1 Å². The van der Waals surface area contributed by atoms with Crippen LogP contribution >= 0.6 is 0 Å². The van der Waals surface area contributed by atoms with Crippen LogP contribution in [-0.2, 0) is 24.4 Å². The van der Waals surface area contributed by atoms with Gasteiger partial charge in [-0.05, 0) is 43.4 Å². The first-order valence-electron chi connectivity index (χ1n) is 12.1. The number of hydrogen-bond donors (Lipinski definition) is 2. The summed E-state index contributed by atoms with van der Waals surface area (Å²) in [6.07, 6.45) is 2.52. The van der Waals surface area contributed by atoms with Crippen LogP contribution in [-0.4, -0.2) is 55.5 Å². The van der Waals surface area contributed by atoms with Gasteiger partial charge >= 0.3 is 0 Å². The van der Waals surface area contributed by atoms with E-state index in [9.17, 15) is 22.8 Å². The number of amides is 2. The van der Waals surface area contributed by atoms with Gasteiger partial charge in [-0.25, -0.2) is 8.42 Å². The molecule has 1 heterocycles. The summed E-state index contributed by atoms with van der Waals surface area (Å²) in [5.41, 5.74) is 1.85. The predicted molar refractivity (Wildman–Crippen MR) is 138 cm³/mol. The second kappa shape index (κ2) is 12.1. The molecule has 1 aliphatic rings. The van der Waals surface area contributed by atoms with Gasteiger partial charge in [0.2, 0.25) is 21.7 Å². The summed E-state index contributed by atoms with van der Waals surface area (Å²) < 4.78 is 28.4. The van der Waals surface area contributed by atoms with Crippen molar-refractivity contribution in [3.8, 4) is 0 Å². The Bertz CT molecular complexity index is 1200. The lowest BCUT2D eigenvalue weighted by molar-refractivity contribution is -0.140. The minimum absolute atomic E-state index is 0.101. The number of ketones is 1. The normalized spacial score (nSPS) is 18.8. The van der Waals surface area contributed by atoms with Gasteiger partial charge in [0.05, 0.1) is 10.9 Å². The Labute approximate surface area is 212 Å². The van der Waals surface area contributed by atoms with Crippen LogP contribution in [0.1, 0.15) is 43.2 Å². The average Bonchev–Trinajstić information content (AvgIpc) is 3.34. The fourth-order valence-corrected chi connectivity index (χ4v) is 6.00. The first-order valence-corrected chi connectivity index (χ1v) is 13.5. The summed E-state index contributed by atoms with van der Waals surface area (Å²) in [6.45, 7) is 7.47. The fourth-order valence-electron chi connectivity index (χ4n) is 4.36. The molecule has 3 atom stereocenters. The molecule has 2 aromatic carbocycles. The Hall–Kier alpha value is -3.30. The zero-order chi connectivity index (χ0) is 26.3. The Morgan fingerprint density at radius 2 is 1.78 bits per heavy atom. The number of benzene rings is 2. The Balaban J connectivity index is 1.90. The molecule has 1 fully saturated rings. The van der Waals surface area contributed by atoms with Crippen molar-refractivity contribution in [2.45, 2.75) is 56.0 Å². The lowest BCUT2D eigenvalue weighted by atomic mass is 9.96. The zero-order valence-corrected chi connectivity index (χ0v) is 21.5. The summed E-state index contributed by atoms with van der Waals surface area (Å²) in [4.78, 5) is 38.5. The second-order valence-corrected chi connectivity index (χ2v) is 10.9. The lowest BCUT2D eigenvalue weighted by Crippen LogP contribution is -2.53. The molecular weight excluding hydrogens is 478 g/mol. The number of sulfonamides is 1. The van der Waals surface area contributed by atoms with Gasteiger partial charge in [-0.1, -0.05) is 67.4 Å². The minimum atomic E-state index is -3.99. The average molecular weight is 512 g/mol. The van der Waals surface area contributed by atoms with Crippen molar-refractivity contribution in [1.82, 2.24) is 14.9 Å². The molecule has 1 saturated heterocycles. The van der Waals surface area contributed by atoms with Crippen LogP contribution in [0.4, 0.5) is 0 Å². The molecule has 1 unspecified atom stereocenters. The van der Waals surface area contributed by atoms with Gasteiger partial charge in [-0.15, -0.1) is 6.58 Å². The van der Waals surface area contributed by atoms with Gasteiger partial charge in [0, 0.05) is 13.1 Å². The van der Waals surface area contributed by atoms with E-state index in [0.717, 1.165) is 11.1 Å². The number of hydrogen-bond acceptors (Lipinski definition) is 5. The SMILES string of the molecule is C=CCNC(=O)C(=O)C(CCC)NC(=O)[C@@H]1C[C@@H](c2ccccc2)CN1S(=O)(=O)c1ccc(C)cc1. The number of carbonyl (C=O) groups is 3. The molecule has 192 valence electrons. The largest absolute Gasteiger partial charge is 0.346 e. The molecule has 2 amide bonds. The molecule has 9 heteroatoms. The highest BCUT2D eigenvalue weighted by molar-refractivity contribution is 7.89. The number of Topliss-reactive ketones (excluding diaryl/α,β-unsaturated/α-hetero) is 1. The quantitative estimate of drug-likeness (QED) is 0.356. The molecule has 36 heavy (non-hydrogen) atoms. The monoisotopic (exact) mass is 511 g/mol. The number of rotatable bonds is 11. The molecule has 3 rings (SSSR count). The molecule has 0 radical (unpaired) electrons. The van der Waals surface area contributed by atoms with Crippen LogP contribution in [0.5, 0.6) is 0 Å². The van der Waals surface area contributed by atoms with Gasteiger partial charge in [0.15, 0.2) is 0 Å². The van der Waals surface area contributed by atoms with Crippen molar-refractivity contribution >= 4 is 27.6 Å². The van der Waals surface area contributed by atoms with Crippen molar-refractivity contribution in [1.29, 1.82) is 0 Å². The number of aryl methyl sites for hydroxylation is 1. The standard InChI is InChI=1S/C27H33N3O5S/c1-4-9-23(25(31)27(33)28-16-5-2)29-26(32)24-17-21(20-10-7-6-8-11-20)18-30(24)36(34,35)22-14-12-19(3)13-15-22/h5-8,10-15,21,23-24H,2,4,9,16-18H2,1,3H3,(H,28,33)(H,29,32)/t21-,23?,24+/m1/s1. The maximum atomic E-state index is 13.6. The van der Waals surface area contributed by atoms with Crippen LogP contribution in [0.2, 0.25) is 0 Å². The number of nitrogens with zero attached hydrogens (tertiary/aromatic N) is 1. The van der Waals surface area contributed by atoms with Crippen LogP contribution in [0.25, 0.3) is 0 Å². The van der Waals surface area contributed by atoms with E-state index in [1.807, 2.05) is 44.2 Å². The Morgan fingerprint density at radius 1 is 1.11 bits per heavy atom. The molecule has 8 nitrogen and oxygen atoms in total. The van der Waals surface area contributed by atoms with E-state index in [2.05, 4.69) is 17.2 Å². The molecule has 1 aliphatic heterocycles. The van der Waals surface area contributed by atoms with Crippen molar-refractivity contribution in [3.63, 3.8) is 0 Å². The highest BCUT2D eigenvalue weighted by Crippen LogP contribution is 2.36. The summed E-state index contributed by atoms with van der Waals surface area (Å²) in [5.74, 6) is -2.37. The van der Waals surface area contributed by atoms with Crippen LogP contribution < -0.4 is 10.6 Å². The van der Waals surface area contributed by atoms with Crippen LogP contribution in [0.3, 0.4) is 0 Å². The van der Waals surface area contributed by atoms with E-state index in [-0.39, 0.29) is 36.7 Å². The summed E-state index contributed by atoms with van der Waals surface area (Å²) in [6, 6.07) is 13.9. The van der Waals surface area contributed by atoms with E-state index >= 15 is 0 Å². The molecular formula is C27H33N3O5S. The second-order valence-electron chi connectivity index (χ2n) is 8.96. The van der Waals surface area contributed by atoms with E-state index in [0.29, 0.717) is 6.42 Å². The highest BCUT2D eigenvalue weighted by Gasteiger charge is 2.45. The summed E-state index contributed by atoms with van der Waals surface area (Å²) in [7, 11) is -3.99. The van der Waals surface area contributed by atoms with Gasteiger partial charge in [0.1, 0.15) is 6.04 Å². The maximum absolute atomic E-state index is 13.6. The van der Waals surface area contributed by atoms with Crippen LogP contribution in [0, 0.1) is 6.92 Å². The molecule has 0 spiro atoms. The van der Waals surface area contributed by atoms with E-state index in [4.69, 9.17) is 0 Å². The van der Waals surface area contributed by atoms with E-state index < -0.39 is 39.7 Å². The third-order valence-corrected chi connectivity index (χ3v) is 8.19. The van der Waals surface area contributed by atoms with Crippen molar-refractivity contribution in [2.24, 2.45) is 0 Å². The summed E-state index contributed by atoms with van der Waals surface area (Å²) >= 11 is 0. The van der Waals surface area contributed by atoms with Crippen molar-refractivity contribution in [3.05, 3.63) is 78.4 Å². The molecule has 0 aromatic heterocycles. The third kappa shape index (κ3) is 6.27. The first kappa shape index (κ1) is 27.3. The van der Waals surface area contributed by atoms with Gasteiger partial charge in [-0.2, -0.15) is 4.31 Å². The lowest BCUT2D eigenvalue weighted by Gasteiger charge is -2.25. The van der Waals surface area contributed by atoms with Gasteiger partial charge in [0.25, 0.3) is 5.91 Å². The topological polar surface area (TPSA) is 113 Å². The van der Waals surface area contributed by atoms with Crippen molar-refractivity contribution < 1.29 is 22.8 Å². The molecule has 0 saturated carbocycles. The molecule has 2 N–H and O–H groups in total.